The van der Waals surface area contributed by atoms with Gasteiger partial charge in [0.2, 0.25) is 13.6 Å². The molecular formula is C46H48F2N2O14. The van der Waals surface area contributed by atoms with Crippen LogP contribution < -0.4 is 49.3 Å². The number of carboxylic acids is 4. The zero-order valence-corrected chi connectivity index (χ0v) is 34.5. The summed E-state index contributed by atoms with van der Waals surface area (Å²) in [5.41, 5.74) is 2.40. The van der Waals surface area contributed by atoms with Crippen molar-refractivity contribution in [1.82, 2.24) is 0 Å². The Balaban J connectivity index is 0.000000181. The average Bonchev–Trinajstić information content (AvgIpc) is 3.97. The van der Waals surface area contributed by atoms with Gasteiger partial charge in [-0.3, -0.25) is 0 Å². The molecule has 0 radical (unpaired) electrons. The van der Waals surface area contributed by atoms with Crippen LogP contribution >= 0.6 is 0 Å². The van der Waals surface area contributed by atoms with Crippen LogP contribution in [-0.2, 0) is 19.2 Å². The minimum atomic E-state index is -1.51. The minimum absolute atomic E-state index is 0.186. The molecule has 0 aromatic heterocycles. The largest absolute Gasteiger partial charge is 0.545 e. The summed E-state index contributed by atoms with van der Waals surface area (Å²) >= 11 is 0. The Morgan fingerprint density at radius 3 is 1.30 bits per heavy atom. The van der Waals surface area contributed by atoms with E-state index in [2.05, 4.69) is 10.6 Å². The summed E-state index contributed by atoms with van der Waals surface area (Å²) in [5, 5.41) is 39.1. The maximum Gasteiger partial charge on any atom is 0.328 e. The van der Waals surface area contributed by atoms with Crippen molar-refractivity contribution in [1.29, 1.82) is 0 Å². The van der Waals surface area contributed by atoms with Crippen molar-refractivity contribution in [2.45, 2.75) is 24.7 Å². The number of carbonyl (C=O) groups excluding carboxylic acids is 2. The number of ether oxygens (including phenoxy) is 6. The van der Waals surface area contributed by atoms with Gasteiger partial charge in [-0.2, -0.15) is 0 Å². The second-order valence-corrected chi connectivity index (χ2v) is 14.7. The highest BCUT2D eigenvalue weighted by Gasteiger charge is 2.31. The second kappa shape index (κ2) is 24.5. The van der Waals surface area contributed by atoms with Crippen LogP contribution in [0.3, 0.4) is 0 Å². The predicted octanol–water partition coefficient (Wildman–Crippen LogP) is 1.35. The molecule has 0 bridgehead atoms. The summed E-state index contributed by atoms with van der Waals surface area (Å²) in [4.78, 5) is 37.9. The van der Waals surface area contributed by atoms with Crippen LogP contribution in [0.5, 0.6) is 34.5 Å². The molecule has 4 heterocycles. The Bertz CT molecular complexity index is 2050. The highest BCUT2D eigenvalue weighted by atomic mass is 19.1. The van der Waals surface area contributed by atoms with Crippen LogP contribution in [0.15, 0.2) is 109 Å². The molecule has 4 aromatic rings. The van der Waals surface area contributed by atoms with Gasteiger partial charge in [-0.05, 0) is 71.8 Å². The standard InChI is InChI=1S/2C19H20FNO3.2C4H4O4/c2*20-15-3-1-13(2-4-15)17-7-8-21-10-14(17)11-22-16-5-6-18-19(9-16)24-12-23-18;2*5-3(6)1-2-4(7)8/h2*1-6,9,14,17,21H,7-8,10-12H2;2*1-2H,(H,5,6)(H,7,8)/b;;2*2-1+/t2*14-,17-;;/m00../s1. The lowest BCUT2D eigenvalue weighted by atomic mass is 9.81. The molecule has 4 aliphatic heterocycles. The van der Waals surface area contributed by atoms with Gasteiger partial charge >= 0.3 is 11.9 Å². The normalized spacial score (nSPS) is 19.2. The molecule has 2 fully saturated rings. The van der Waals surface area contributed by atoms with E-state index in [1.165, 1.54) is 11.1 Å². The lowest BCUT2D eigenvalue weighted by Gasteiger charge is -2.30. The molecule has 2 saturated heterocycles. The lowest BCUT2D eigenvalue weighted by molar-refractivity contribution is -0.670. The molecule has 4 atom stereocenters. The van der Waals surface area contributed by atoms with Gasteiger partial charge in [0, 0.05) is 60.8 Å². The van der Waals surface area contributed by atoms with Crippen molar-refractivity contribution in [3.63, 3.8) is 0 Å². The van der Waals surface area contributed by atoms with E-state index in [9.17, 15) is 38.2 Å². The van der Waals surface area contributed by atoms with E-state index in [1.807, 2.05) is 60.7 Å². The second-order valence-electron chi connectivity index (χ2n) is 14.7. The monoisotopic (exact) mass is 890 g/mol. The van der Waals surface area contributed by atoms with E-state index in [1.54, 1.807) is 24.3 Å². The van der Waals surface area contributed by atoms with E-state index < -0.39 is 23.9 Å². The molecule has 4 aromatic carbocycles. The highest BCUT2D eigenvalue weighted by Crippen LogP contribution is 2.37. The Hall–Kier alpha value is -7.18. The highest BCUT2D eigenvalue weighted by molar-refractivity contribution is 5.89. The number of aliphatic carboxylic acids is 4. The number of hydrogen-bond acceptors (Lipinski definition) is 12. The number of piperidine rings is 2. The summed E-state index contributed by atoms with van der Waals surface area (Å²) in [6.07, 6.45) is 4.05. The molecule has 4 aliphatic rings. The minimum Gasteiger partial charge on any atom is -0.545 e. The first-order valence-corrected chi connectivity index (χ1v) is 20.3. The Morgan fingerprint density at radius 1 is 0.578 bits per heavy atom. The summed E-state index contributed by atoms with van der Waals surface area (Å²) in [6, 6.07) is 25.1. The van der Waals surface area contributed by atoms with Gasteiger partial charge < -0.3 is 69.1 Å². The molecular weight excluding hydrogens is 843 g/mol. The summed E-state index contributed by atoms with van der Waals surface area (Å²) in [7, 11) is 0. The number of benzene rings is 4. The fourth-order valence-electron chi connectivity index (χ4n) is 7.34. The number of hydrogen-bond donors (Lipinski definition) is 4. The van der Waals surface area contributed by atoms with Gasteiger partial charge in [0.25, 0.3) is 0 Å². The van der Waals surface area contributed by atoms with Crippen LogP contribution in [0.4, 0.5) is 8.78 Å². The van der Waals surface area contributed by atoms with Gasteiger partial charge in [-0.1, -0.05) is 24.3 Å². The topological polar surface area (TPSA) is 243 Å². The molecule has 0 spiro atoms. The fraction of sp³-hybridized carbons (Fsp3) is 0.304. The van der Waals surface area contributed by atoms with Crippen molar-refractivity contribution in [3.05, 3.63) is 132 Å². The third-order valence-corrected chi connectivity index (χ3v) is 10.4. The van der Waals surface area contributed by atoms with Crippen molar-refractivity contribution in [2.75, 3.05) is 53.0 Å². The zero-order chi connectivity index (χ0) is 45.8. The number of fused-ring (bicyclic) bond motifs is 2. The molecule has 0 amide bonds. The Kier molecular flexibility index (Phi) is 18.3. The predicted molar refractivity (Wildman–Crippen MR) is 218 cm³/mol. The number of nitrogens with two attached hydrogens (primary N) is 2. The van der Waals surface area contributed by atoms with Gasteiger partial charge in [-0.15, -0.1) is 0 Å². The van der Waals surface area contributed by atoms with Gasteiger partial charge in [0.15, 0.2) is 23.0 Å². The molecule has 0 saturated carbocycles. The molecule has 0 unspecified atom stereocenters. The van der Waals surface area contributed by atoms with Crippen LogP contribution in [0.2, 0.25) is 0 Å². The Labute approximate surface area is 366 Å². The van der Waals surface area contributed by atoms with Crippen molar-refractivity contribution in [3.8, 4) is 34.5 Å². The molecule has 340 valence electrons. The molecule has 64 heavy (non-hydrogen) atoms. The Morgan fingerprint density at radius 2 is 0.953 bits per heavy atom. The molecule has 18 heteroatoms. The maximum absolute atomic E-state index is 13.2. The first-order valence-electron chi connectivity index (χ1n) is 20.3. The number of halogens is 2. The first kappa shape index (κ1) is 47.9. The lowest BCUT2D eigenvalue weighted by Crippen LogP contribution is -2.88. The van der Waals surface area contributed by atoms with E-state index in [4.69, 9.17) is 38.6 Å². The summed E-state index contributed by atoms with van der Waals surface area (Å²) in [5.74, 6) is 0.210. The van der Waals surface area contributed by atoms with Gasteiger partial charge in [0.05, 0.1) is 51.3 Å². The molecule has 16 nitrogen and oxygen atoms in total. The van der Waals surface area contributed by atoms with Crippen LogP contribution in [0.25, 0.3) is 0 Å². The maximum atomic E-state index is 13.2. The smallest absolute Gasteiger partial charge is 0.328 e. The van der Waals surface area contributed by atoms with E-state index in [0.717, 1.165) is 73.5 Å². The van der Waals surface area contributed by atoms with Crippen molar-refractivity contribution in [2.24, 2.45) is 11.8 Å². The van der Waals surface area contributed by atoms with Crippen LogP contribution in [0, 0.1) is 23.5 Å². The fourth-order valence-corrected chi connectivity index (χ4v) is 7.34. The quantitative estimate of drug-likeness (QED) is 0.147. The summed E-state index contributed by atoms with van der Waals surface area (Å²) < 4.78 is 59.8. The van der Waals surface area contributed by atoms with E-state index in [0.29, 0.717) is 61.2 Å². The third kappa shape index (κ3) is 15.6. The number of carboxylic acid groups (broad SMARTS) is 4. The summed E-state index contributed by atoms with van der Waals surface area (Å²) in [6.45, 7) is 6.05. The average molecular weight is 891 g/mol. The molecule has 8 rings (SSSR count). The zero-order valence-electron chi connectivity index (χ0n) is 34.5. The van der Waals surface area contributed by atoms with Gasteiger partial charge in [0.1, 0.15) is 23.1 Å². The van der Waals surface area contributed by atoms with E-state index >= 15 is 0 Å². The molecule has 0 aliphatic carbocycles. The van der Waals surface area contributed by atoms with Crippen molar-refractivity contribution >= 4 is 23.9 Å². The van der Waals surface area contributed by atoms with Crippen LogP contribution in [-0.4, -0.2) is 87.1 Å². The van der Waals surface area contributed by atoms with Crippen molar-refractivity contribution < 1.29 is 87.4 Å². The SMILES string of the molecule is Fc1ccc([C@@H]2CC[NH2+]C[C@H]2COc2ccc3c(c2)OCO3)cc1.Fc1ccc([C@@H]2CC[NH2+]C[C@H]2COc2ccc3c(c2)OCO3)cc1.O=C([O-])/C=C/C(=O)O.O=C([O-])/C=C/C(=O)O. The third-order valence-electron chi connectivity index (χ3n) is 10.4. The first-order chi connectivity index (χ1) is 30.8. The molecule has 6 N–H and O–H groups in total. The number of rotatable bonds is 12. The van der Waals surface area contributed by atoms with Crippen LogP contribution in [0.1, 0.15) is 35.8 Å². The number of carbonyl (C=O) groups is 4. The van der Waals surface area contributed by atoms with E-state index in [-0.39, 0.29) is 25.2 Å². The van der Waals surface area contributed by atoms with Gasteiger partial charge in [-0.25, -0.2) is 18.4 Å². The number of quaternary nitrogens is 2.